The lowest BCUT2D eigenvalue weighted by atomic mass is 10.2. The number of benzene rings is 3. The summed E-state index contributed by atoms with van der Waals surface area (Å²) >= 11 is 0. The Hall–Kier alpha value is -3.90. The minimum atomic E-state index is -3.25. The minimum Gasteiger partial charge on any atom is -0.478 e. The van der Waals surface area contributed by atoms with Crippen LogP contribution < -0.4 is 15.7 Å². The second-order valence-electron chi connectivity index (χ2n) is 6.97. The predicted molar refractivity (Wildman–Crippen MR) is 122 cm³/mol. The van der Waals surface area contributed by atoms with E-state index in [0.717, 1.165) is 0 Å². The van der Waals surface area contributed by atoms with Gasteiger partial charge in [0.05, 0.1) is 11.1 Å². The fourth-order valence-corrected chi connectivity index (χ4v) is 5.23. The lowest BCUT2D eigenvalue weighted by molar-refractivity contribution is -0.115. The third-order valence-electron chi connectivity index (χ3n) is 4.68. The van der Waals surface area contributed by atoms with Crippen molar-refractivity contribution in [2.75, 3.05) is 16.6 Å². The standard InChI is InChI=1S/C23H21N2O6P/c26-21(24-18-10-6-16(7-11-18)22(27)28)14-15-32(31,20-4-2-1-3-5-20)25-19-12-8-17(9-13-19)23(29)30/h1-13H,14-15H2,(H,24,26)(H,25,31)(H,27,28)(H,29,30). The Kier molecular flexibility index (Phi) is 7.07. The van der Waals surface area contributed by atoms with Crippen molar-refractivity contribution in [2.45, 2.75) is 6.42 Å². The summed E-state index contributed by atoms with van der Waals surface area (Å²) < 4.78 is 13.8. The van der Waals surface area contributed by atoms with E-state index in [1.54, 1.807) is 30.3 Å². The zero-order valence-electron chi connectivity index (χ0n) is 16.9. The molecule has 0 aliphatic heterocycles. The molecule has 0 saturated heterocycles. The molecule has 8 nitrogen and oxygen atoms in total. The van der Waals surface area contributed by atoms with Crippen LogP contribution in [0.2, 0.25) is 0 Å². The van der Waals surface area contributed by atoms with Crippen molar-refractivity contribution in [3.05, 3.63) is 90.0 Å². The van der Waals surface area contributed by atoms with E-state index in [2.05, 4.69) is 10.4 Å². The van der Waals surface area contributed by atoms with Gasteiger partial charge in [0.1, 0.15) is 0 Å². The molecule has 0 aromatic heterocycles. The van der Waals surface area contributed by atoms with Gasteiger partial charge in [0, 0.05) is 29.3 Å². The number of carbonyl (C=O) groups excluding carboxylic acids is 1. The average molecular weight is 452 g/mol. The second kappa shape index (κ2) is 9.94. The number of anilines is 2. The number of carbonyl (C=O) groups is 3. The van der Waals surface area contributed by atoms with Crippen LogP contribution in [-0.2, 0) is 9.36 Å². The quantitative estimate of drug-likeness (QED) is 0.359. The molecule has 0 spiro atoms. The first-order chi connectivity index (χ1) is 15.3. The SMILES string of the molecule is O=C(CCP(=O)(Nc1ccc(C(=O)O)cc1)c1ccccc1)Nc1ccc(C(=O)O)cc1. The Morgan fingerprint density at radius 1 is 0.719 bits per heavy atom. The topological polar surface area (TPSA) is 133 Å². The molecule has 0 heterocycles. The molecule has 3 aromatic carbocycles. The summed E-state index contributed by atoms with van der Waals surface area (Å²) in [6.45, 7) is 0. The maximum atomic E-state index is 13.8. The van der Waals surface area contributed by atoms with E-state index in [1.165, 1.54) is 48.5 Å². The van der Waals surface area contributed by atoms with Gasteiger partial charge in [-0.1, -0.05) is 18.2 Å². The monoisotopic (exact) mass is 452 g/mol. The smallest absolute Gasteiger partial charge is 0.335 e. The fraction of sp³-hybridized carbons (Fsp3) is 0.0870. The number of hydrogen-bond acceptors (Lipinski definition) is 4. The Morgan fingerprint density at radius 3 is 1.72 bits per heavy atom. The van der Waals surface area contributed by atoms with Crippen LogP contribution in [0.15, 0.2) is 78.9 Å². The third-order valence-corrected chi connectivity index (χ3v) is 7.29. The Labute approximate surface area is 184 Å². The first-order valence-corrected chi connectivity index (χ1v) is 11.6. The van der Waals surface area contributed by atoms with E-state index in [9.17, 15) is 18.9 Å². The van der Waals surface area contributed by atoms with Crippen molar-refractivity contribution < 1.29 is 29.2 Å². The molecule has 0 fully saturated rings. The molecule has 0 saturated carbocycles. The number of hydrogen-bond donors (Lipinski definition) is 4. The Bertz CT molecular complexity index is 1160. The van der Waals surface area contributed by atoms with Crippen LogP contribution in [-0.4, -0.2) is 34.2 Å². The molecule has 32 heavy (non-hydrogen) atoms. The molecular weight excluding hydrogens is 431 g/mol. The summed E-state index contributed by atoms with van der Waals surface area (Å²) in [6.07, 6.45) is -0.0240. The highest BCUT2D eigenvalue weighted by Crippen LogP contribution is 2.45. The summed E-state index contributed by atoms with van der Waals surface area (Å²) in [5.41, 5.74) is 1.13. The Morgan fingerprint density at radius 2 is 1.22 bits per heavy atom. The summed E-state index contributed by atoms with van der Waals surface area (Å²) in [6, 6.07) is 20.3. The maximum absolute atomic E-state index is 13.8. The van der Waals surface area contributed by atoms with E-state index in [1.807, 2.05) is 0 Å². The molecular formula is C23H21N2O6P. The van der Waals surface area contributed by atoms with Crippen molar-refractivity contribution in [3.8, 4) is 0 Å². The van der Waals surface area contributed by atoms with Crippen LogP contribution in [0.25, 0.3) is 0 Å². The highest BCUT2D eigenvalue weighted by Gasteiger charge is 2.26. The molecule has 1 amide bonds. The van der Waals surface area contributed by atoms with Gasteiger partial charge in [-0.25, -0.2) is 9.59 Å². The van der Waals surface area contributed by atoms with Crippen molar-refractivity contribution >= 4 is 41.8 Å². The molecule has 4 N–H and O–H groups in total. The van der Waals surface area contributed by atoms with Gasteiger partial charge >= 0.3 is 11.9 Å². The molecule has 1 atom stereocenters. The average Bonchev–Trinajstić information content (AvgIpc) is 2.79. The van der Waals surface area contributed by atoms with E-state index < -0.39 is 19.2 Å². The predicted octanol–water partition coefficient (Wildman–Crippen LogP) is 4.13. The number of carboxylic acids is 2. The number of rotatable bonds is 9. The summed E-state index contributed by atoms with van der Waals surface area (Å²) in [4.78, 5) is 34.4. The molecule has 0 aliphatic carbocycles. The molecule has 3 aromatic rings. The van der Waals surface area contributed by atoms with Gasteiger partial charge in [-0.3, -0.25) is 9.36 Å². The van der Waals surface area contributed by atoms with E-state index in [0.29, 0.717) is 16.7 Å². The van der Waals surface area contributed by atoms with Crippen molar-refractivity contribution in [1.82, 2.24) is 0 Å². The minimum absolute atomic E-state index is 0.0245. The molecule has 1 unspecified atom stereocenters. The van der Waals surface area contributed by atoms with Crippen molar-refractivity contribution in [1.29, 1.82) is 0 Å². The molecule has 0 aliphatic rings. The van der Waals surface area contributed by atoms with E-state index in [-0.39, 0.29) is 29.6 Å². The molecule has 3 rings (SSSR count). The van der Waals surface area contributed by atoms with Crippen LogP contribution in [0.4, 0.5) is 11.4 Å². The fourth-order valence-electron chi connectivity index (χ4n) is 2.99. The third kappa shape index (κ3) is 5.83. The second-order valence-corrected chi connectivity index (χ2v) is 9.64. The van der Waals surface area contributed by atoms with Gasteiger partial charge in [-0.05, 0) is 60.7 Å². The molecule has 0 radical (unpaired) electrons. The van der Waals surface area contributed by atoms with Crippen molar-refractivity contribution in [3.63, 3.8) is 0 Å². The number of aromatic carboxylic acids is 2. The number of carboxylic acid groups (broad SMARTS) is 2. The normalized spacial score (nSPS) is 12.4. The summed E-state index contributed by atoms with van der Waals surface area (Å²) in [7, 11) is -3.25. The van der Waals surface area contributed by atoms with Crippen LogP contribution in [0.3, 0.4) is 0 Å². The van der Waals surface area contributed by atoms with Gasteiger partial charge < -0.3 is 20.6 Å². The number of nitrogens with one attached hydrogen (secondary N) is 2. The lowest BCUT2D eigenvalue weighted by Gasteiger charge is -2.21. The van der Waals surface area contributed by atoms with Crippen LogP contribution in [0.5, 0.6) is 0 Å². The maximum Gasteiger partial charge on any atom is 0.335 e. The summed E-state index contributed by atoms with van der Waals surface area (Å²) in [5, 5.41) is 24.2. The van der Waals surface area contributed by atoms with Gasteiger partial charge in [0.15, 0.2) is 7.29 Å². The highest BCUT2D eigenvalue weighted by molar-refractivity contribution is 7.73. The number of amides is 1. The van der Waals surface area contributed by atoms with Gasteiger partial charge in [-0.2, -0.15) is 0 Å². The Balaban J connectivity index is 1.73. The van der Waals surface area contributed by atoms with Crippen LogP contribution in [0.1, 0.15) is 27.1 Å². The van der Waals surface area contributed by atoms with Gasteiger partial charge in [-0.15, -0.1) is 0 Å². The lowest BCUT2D eigenvalue weighted by Crippen LogP contribution is -2.19. The molecule has 164 valence electrons. The van der Waals surface area contributed by atoms with Gasteiger partial charge in [0.25, 0.3) is 0 Å². The summed E-state index contributed by atoms with van der Waals surface area (Å²) in [5.74, 6) is -2.49. The molecule has 0 bridgehead atoms. The van der Waals surface area contributed by atoms with Crippen LogP contribution >= 0.6 is 7.29 Å². The zero-order valence-corrected chi connectivity index (χ0v) is 17.8. The van der Waals surface area contributed by atoms with Crippen LogP contribution in [0, 0.1) is 0 Å². The first kappa shape index (κ1) is 22.8. The first-order valence-electron chi connectivity index (χ1n) is 9.66. The van der Waals surface area contributed by atoms with Gasteiger partial charge in [0.2, 0.25) is 5.91 Å². The zero-order chi connectivity index (χ0) is 23.1. The highest BCUT2D eigenvalue weighted by atomic mass is 31.2. The van der Waals surface area contributed by atoms with E-state index in [4.69, 9.17) is 10.2 Å². The van der Waals surface area contributed by atoms with Crippen molar-refractivity contribution in [2.24, 2.45) is 0 Å². The van der Waals surface area contributed by atoms with E-state index >= 15 is 0 Å². The largest absolute Gasteiger partial charge is 0.478 e. The molecule has 9 heteroatoms.